The van der Waals surface area contributed by atoms with Gasteiger partial charge in [0.15, 0.2) is 0 Å². The lowest BCUT2D eigenvalue weighted by molar-refractivity contribution is -0.205. The molecule has 4 nitrogen and oxygen atoms in total. The van der Waals surface area contributed by atoms with Gasteiger partial charge in [0.1, 0.15) is 11.9 Å². The van der Waals surface area contributed by atoms with Gasteiger partial charge in [0.05, 0.1) is 19.8 Å². The molecule has 0 radical (unpaired) electrons. The van der Waals surface area contributed by atoms with Gasteiger partial charge in [-0.2, -0.15) is 13.2 Å². The predicted molar refractivity (Wildman–Crippen MR) is 122 cm³/mol. The Balaban J connectivity index is 2.24. The topological polar surface area (TPSA) is 69.9 Å². The van der Waals surface area contributed by atoms with E-state index in [1.807, 2.05) is 19.1 Å². The van der Waals surface area contributed by atoms with Crippen LogP contribution < -0.4 is 4.74 Å². The molecule has 0 heterocycles. The number of rotatable bonds is 12. The van der Waals surface area contributed by atoms with Crippen molar-refractivity contribution in [3.05, 3.63) is 64.2 Å². The highest BCUT2D eigenvalue weighted by atomic mass is 19.4. The molecule has 3 N–H and O–H groups in total. The number of benzene rings is 2. The zero-order valence-corrected chi connectivity index (χ0v) is 19.6. The number of alkyl halides is 3. The Morgan fingerprint density at radius 1 is 0.848 bits per heavy atom. The van der Waals surface area contributed by atoms with Crippen LogP contribution in [0.2, 0.25) is 0 Å². The second-order valence-electron chi connectivity index (χ2n) is 8.46. The maximum atomic E-state index is 12.7. The first kappa shape index (κ1) is 27.2. The second kappa shape index (κ2) is 11.9. The van der Waals surface area contributed by atoms with E-state index < -0.39 is 12.3 Å². The van der Waals surface area contributed by atoms with Gasteiger partial charge in [-0.25, -0.2) is 0 Å². The molecule has 2 aromatic carbocycles. The fraction of sp³-hybridized carbons (Fsp3) is 0.538. The summed E-state index contributed by atoms with van der Waals surface area (Å²) in [6, 6.07) is 11.1. The minimum atomic E-state index is -4.60. The SMILES string of the molecule is CCc1cc(C(CC)(CC)COc2ccc(CO)c(CO)c2)ccc1CCC(O)C(F)(F)F. The normalized spacial score (nSPS) is 13.2. The van der Waals surface area contributed by atoms with Crippen molar-refractivity contribution in [2.75, 3.05) is 6.61 Å². The standard InChI is InChI=1S/C26H35F3O4/c1-4-18-13-22(10-7-19(18)9-12-24(32)26(27,28)29)25(5-2,6-3)17-33-23-11-8-20(15-30)21(14-23)16-31/h7-8,10-11,13-14,24,30-32H,4-6,9,12,15-17H2,1-3H3. The molecule has 0 aliphatic carbocycles. The van der Waals surface area contributed by atoms with Crippen molar-refractivity contribution in [2.24, 2.45) is 0 Å². The molecule has 184 valence electrons. The average molecular weight is 469 g/mol. The van der Waals surface area contributed by atoms with E-state index in [0.717, 1.165) is 29.5 Å². The molecule has 0 aliphatic rings. The molecule has 0 amide bonds. The van der Waals surface area contributed by atoms with Gasteiger partial charge < -0.3 is 20.1 Å². The first-order valence-electron chi connectivity index (χ1n) is 11.5. The third-order valence-corrected chi connectivity index (χ3v) is 6.65. The van der Waals surface area contributed by atoms with Crippen LogP contribution in [0.15, 0.2) is 36.4 Å². The van der Waals surface area contributed by atoms with Crippen LogP contribution in [0.3, 0.4) is 0 Å². The Morgan fingerprint density at radius 2 is 1.48 bits per heavy atom. The lowest BCUT2D eigenvalue weighted by Crippen LogP contribution is -2.32. The summed E-state index contributed by atoms with van der Waals surface area (Å²) in [5.41, 5.74) is 3.84. The van der Waals surface area contributed by atoms with Gasteiger partial charge in [0.2, 0.25) is 0 Å². The molecule has 1 atom stereocenters. The quantitative estimate of drug-likeness (QED) is 0.399. The van der Waals surface area contributed by atoms with Crippen molar-refractivity contribution >= 4 is 0 Å². The summed E-state index contributed by atoms with van der Waals surface area (Å²) in [5, 5.41) is 28.3. The molecule has 0 bridgehead atoms. The minimum Gasteiger partial charge on any atom is -0.493 e. The van der Waals surface area contributed by atoms with Crippen LogP contribution >= 0.6 is 0 Å². The van der Waals surface area contributed by atoms with Crippen molar-refractivity contribution in [2.45, 2.75) is 83.8 Å². The monoisotopic (exact) mass is 468 g/mol. The fourth-order valence-electron chi connectivity index (χ4n) is 4.15. The van der Waals surface area contributed by atoms with Gasteiger partial charge in [0, 0.05) is 5.41 Å². The Morgan fingerprint density at radius 3 is 2.03 bits per heavy atom. The average Bonchev–Trinajstić information content (AvgIpc) is 2.82. The van der Waals surface area contributed by atoms with E-state index in [-0.39, 0.29) is 31.5 Å². The predicted octanol–water partition coefficient (Wildman–Crippen LogP) is 5.23. The largest absolute Gasteiger partial charge is 0.493 e. The molecule has 1 unspecified atom stereocenters. The number of aliphatic hydroxyl groups is 3. The van der Waals surface area contributed by atoms with Crippen molar-refractivity contribution in [3.63, 3.8) is 0 Å². The summed E-state index contributed by atoms with van der Waals surface area (Å²) in [6.45, 7) is 6.19. The molecule has 0 fully saturated rings. The number of hydrogen-bond acceptors (Lipinski definition) is 4. The Kier molecular flexibility index (Phi) is 9.76. The van der Waals surface area contributed by atoms with E-state index in [1.165, 1.54) is 0 Å². The van der Waals surface area contributed by atoms with Crippen molar-refractivity contribution in [1.82, 2.24) is 0 Å². The second-order valence-corrected chi connectivity index (χ2v) is 8.46. The number of halogens is 3. The molecular formula is C26H35F3O4. The van der Waals surface area contributed by atoms with Gasteiger partial charge >= 0.3 is 6.18 Å². The lowest BCUT2D eigenvalue weighted by Gasteiger charge is -2.33. The van der Waals surface area contributed by atoms with Crippen LogP contribution in [0.4, 0.5) is 13.2 Å². The summed E-state index contributed by atoms with van der Waals surface area (Å²) in [6.07, 6.45) is -4.83. The highest BCUT2D eigenvalue weighted by Crippen LogP contribution is 2.35. The number of hydrogen-bond donors (Lipinski definition) is 3. The maximum Gasteiger partial charge on any atom is 0.414 e. The third-order valence-electron chi connectivity index (χ3n) is 6.65. The minimum absolute atomic E-state index is 0.157. The zero-order chi connectivity index (χ0) is 24.6. The van der Waals surface area contributed by atoms with E-state index >= 15 is 0 Å². The molecule has 7 heteroatoms. The molecule has 2 rings (SSSR count). The zero-order valence-electron chi connectivity index (χ0n) is 19.6. The highest BCUT2D eigenvalue weighted by molar-refractivity contribution is 5.38. The molecule has 33 heavy (non-hydrogen) atoms. The molecule has 2 aromatic rings. The van der Waals surface area contributed by atoms with E-state index in [2.05, 4.69) is 19.9 Å². The molecule has 0 spiro atoms. The maximum absolute atomic E-state index is 12.7. The molecule has 0 saturated carbocycles. The van der Waals surface area contributed by atoms with Crippen LogP contribution in [0.25, 0.3) is 0 Å². The van der Waals surface area contributed by atoms with Crippen LogP contribution in [0, 0.1) is 0 Å². The van der Waals surface area contributed by atoms with Crippen molar-refractivity contribution in [3.8, 4) is 5.75 Å². The van der Waals surface area contributed by atoms with E-state index in [4.69, 9.17) is 4.74 Å². The first-order valence-corrected chi connectivity index (χ1v) is 11.5. The lowest BCUT2D eigenvalue weighted by atomic mass is 9.75. The van der Waals surface area contributed by atoms with Crippen molar-refractivity contribution < 1.29 is 33.2 Å². The molecule has 0 aromatic heterocycles. The molecule has 0 saturated heterocycles. The van der Waals surface area contributed by atoms with Crippen LogP contribution in [0.1, 0.15) is 67.9 Å². The smallest absolute Gasteiger partial charge is 0.414 e. The highest BCUT2D eigenvalue weighted by Gasteiger charge is 2.37. The van der Waals surface area contributed by atoms with Gasteiger partial charge in [-0.15, -0.1) is 0 Å². The van der Waals surface area contributed by atoms with Crippen LogP contribution in [0.5, 0.6) is 5.75 Å². The fourth-order valence-corrected chi connectivity index (χ4v) is 4.15. The van der Waals surface area contributed by atoms with Gasteiger partial charge in [-0.05, 0) is 72.1 Å². The Labute approximate surface area is 194 Å². The Bertz CT molecular complexity index is 892. The van der Waals surface area contributed by atoms with Gasteiger partial charge in [0.25, 0.3) is 0 Å². The van der Waals surface area contributed by atoms with E-state index in [9.17, 15) is 28.5 Å². The van der Waals surface area contributed by atoms with Gasteiger partial charge in [-0.1, -0.05) is 45.0 Å². The van der Waals surface area contributed by atoms with Gasteiger partial charge in [-0.3, -0.25) is 0 Å². The molecule has 0 aliphatic heterocycles. The summed E-state index contributed by atoms with van der Waals surface area (Å²) >= 11 is 0. The third kappa shape index (κ3) is 6.71. The van der Waals surface area contributed by atoms with Crippen molar-refractivity contribution in [1.29, 1.82) is 0 Å². The summed E-state index contributed by atoms with van der Waals surface area (Å²) in [7, 11) is 0. The number of aryl methyl sites for hydroxylation is 2. The summed E-state index contributed by atoms with van der Waals surface area (Å²) in [5.74, 6) is 0.607. The Hall–Kier alpha value is -2.09. The molecular weight excluding hydrogens is 433 g/mol. The summed E-state index contributed by atoms with van der Waals surface area (Å²) in [4.78, 5) is 0. The van der Waals surface area contributed by atoms with Crippen LogP contribution in [-0.2, 0) is 31.5 Å². The van der Waals surface area contributed by atoms with E-state index in [1.54, 1.807) is 18.2 Å². The van der Waals surface area contributed by atoms with E-state index in [0.29, 0.717) is 29.9 Å². The summed E-state index contributed by atoms with van der Waals surface area (Å²) < 4.78 is 44.1. The number of ether oxygens (including phenoxy) is 1. The first-order chi connectivity index (χ1) is 15.6. The van der Waals surface area contributed by atoms with Crippen LogP contribution in [-0.4, -0.2) is 34.2 Å². The number of aliphatic hydroxyl groups excluding tert-OH is 3.